The Hall–Kier alpha value is -0.850. The lowest BCUT2D eigenvalue weighted by Gasteiger charge is -2.30. The summed E-state index contributed by atoms with van der Waals surface area (Å²) in [4.78, 5) is 7.37. The lowest BCUT2D eigenvalue weighted by molar-refractivity contribution is 0.0420. The summed E-state index contributed by atoms with van der Waals surface area (Å²) in [5.74, 6) is 1.60. The van der Waals surface area contributed by atoms with Crippen molar-refractivity contribution >= 4 is 5.96 Å². The summed E-state index contributed by atoms with van der Waals surface area (Å²) in [6, 6.07) is 0.506. The highest BCUT2D eigenvalue weighted by Gasteiger charge is 2.17. The van der Waals surface area contributed by atoms with Crippen molar-refractivity contribution in [1.82, 2.24) is 15.5 Å². The van der Waals surface area contributed by atoms with Gasteiger partial charge in [-0.05, 0) is 45.2 Å². The van der Waals surface area contributed by atoms with Gasteiger partial charge in [-0.2, -0.15) is 0 Å². The van der Waals surface area contributed by atoms with Gasteiger partial charge in [0.05, 0.1) is 19.3 Å². The molecule has 26 heavy (non-hydrogen) atoms. The van der Waals surface area contributed by atoms with Crippen molar-refractivity contribution in [3.05, 3.63) is 0 Å². The summed E-state index contributed by atoms with van der Waals surface area (Å²) in [6.45, 7) is 18.3. The average Bonchev–Trinajstić information content (AvgIpc) is 3.12. The molecule has 2 atom stereocenters. The Labute approximate surface area is 161 Å². The van der Waals surface area contributed by atoms with Gasteiger partial charge in [-0.3, -0.25) is 9.89 Å². The molecule has 0 saturated carbocycles. The average molecular weight is 371 g/mol. The van der Waals surface area contributed by atoms with E-state index in [-0.39, 0.29) is 0 Å². The number of hydrogen-bond acceptors (Lipinski definition) is 4. The van der Waals surface area contributed by atoms with Gasteiger partial charge in [-0.15, -0.1) is 0 Å². The number of rotatable bonds is 13. The van der Waals surface area contributed by atoms with E-state index < -0.39 is 0 Å². The van der Waals surface area contributed by atoms with E-state index in [1.165, 1.54) is 6.42 Å². The van der Waals surface area contributed by atoms with Crippen LogP contribution in [0, 0.1) is 5.92 Å². The molecule has 2 N–H and O–H groups in total. The minimum Gasteiger partial charge on any atom is -0.379 e. The van der Waals surface area contributed by atoms with E-state index in [1.54, 1.807) is 0 Å². The Balaban J connectivity index is 2.40. The molecule has 0 bridgehead atoms. The molecule has 2 unspecified atom stereocenters. The number of ether oxygens (including phenoxy) is 2. The standard InChI is InChI=1S/C20H42N4O2/c1-6-21-20(22-11-9-12-26-19-10-13-25-16-19)23-15-18(14-17(4)5)24(7-2)8-3/h17-19H,6-16H2,1-5H3,(H2,21,22,23). The second kappa shape index (κ2) is 14.2. The molecule has 0 aromatic rings. The summed E-state index contributed by atoms with van der Waals surface area (Å²) in [5, 5.41) is 6.80. The molecule has 0 aliphatic carbocycles. The van der Waals surface area contributed by atoms with Crippen LogP contribution in [0.1, 0.15) is 53.9 Å². The van der Waals surface area contributed by atoms with Crippen molar-refractivity contribution in [1.29, 1.82) is 0 Å². The molecule has 0 spiro atoms. The van der Waals surface area contributed by atoms with Crippen LogP contribution in [0.25, 0.3) is 0 Å². The fraction of sp³-hybridized carbons (Fsp3) is 0.950. The Morgan fingerprint density at radius 2 is 2.00 bits per heavy atom. The highest BCUT2D eigenvalue weighted by molar-refractivity contribution is 5.79. The van der Waals surface area contributed by atoms with Crippen molar-refractivity contribution in [3.63, 3.8) is 0 Å². The SMILES string of the molecule is CCNC(=NCC(CC(C)C)N(CC)CC)NCCCOC1CCOC1. The van der Waals surface area contributed by atoms with Gasteiger partial charge < -0.3 is 20.1 Å². The normalized spacial score (nSPS) is 19.3. The first kappa shape index (κ1) is 23.2. The molecule has 1 fully saturated rings. The van der Waals surface area contributed by atoms with Crippen molar-refractivity contribution in [2.24, 2.45) is 10.9 Å². The largest absolute Gasteiger partial charge is 0.379 e. The molecule has 6 nitrogen and oxygen atoms in total. The predicted molar refractivity (Wildman–Crippen MR) is 110 cm³/mol. The molecule has 154 valence electrons. The predicted octanol–water partition coefficient (Wildman–Crippen LogP) is 2.49. The van der Waals surface area contributed by atoms with E-state index >= 15 is 0 Å². The van der Waals surface area contributed by atoms with Gasteiger partial charge in [0.25, 0.3) is 0 Å². The van der Waals surface area contributed by atoms with Gasteiger partial charge in [0, 0.05) is 32.3 Å². The molecular weight excluding hydrogens is 328 g/mol. The molecule has 0 radical (unpaired) electrons. The molecule has 1 rings (SSSR count). The van der Waals surface area contributed by atoms with E-state index in [9.17, 15) is 0 Å². The van der Waals surface area contributed by atoms with Gasteiger partial charge >= 0.3 is 0 Å². The van der Waals surface area contributed by atoms with Crippen molar-refractivity contribution < 1.29 is 9.47 Å². The first-order valence-corrected chi connectivity index (χ1v) is 10.6. The van der Waals surface area contributed by atoms with Gasteiger partial charge in [0.15, 0.2) is 5.96 Å². The number of hydrogen-bond donors (Lipinski definition) is 2. The van der Waals surface area contributed by atoms with Gasteiger partial charge in [0.1, 0.15) is 0 Å². The molecule has 0 aromatic carbocycles. The summed E-state index contributed by atoms with van der Waals surface area (Å²) in [6.07, 6.45) is 3.48. The number of likely N-dealkylation sites (N-methyl/N-ethyl adjacent to an activating group) is 1. The minimum atomic E-state index is 0.294. The summed E-state index contributed by atoms with van der Waals surface area (Å²) in [7, 11) is 0. The van der Waals surface area contributed by atoms with Gasteiger partial charge in [0.2, 0.25) is 0 Å². The molecule has 0 amide bonds. The Bertz CT molecular complexity index is 367. The monoisotopic (exact) mass is 370 g/mol. The zero-order valence-corrected chi connectivity index (χ0v) is 17.7. The zero-order chi connectivity index (χ0) is 19.2. The quantitative estimate of drug-likeness (QED) is 0.296. The van der Waals surface area contributed by atoms with Crippen LogP contribution in [-0.4, -0.2) is 75.5 Å². The molecule has 1 heterocycles. The Morgan fingerprint density at radius 1 is 1.23 bits per heavy atom. The highest BCUT2D eigenvalue weighted by Crippen LogP contribution is 2.12. The fourth-order valence-corrected chi connectivity index (χ4v) is 3.33. The van der Waals surface area contributed by atoms with Gasteiger partial charge in [-0.25, -0.2) is 0 Å². The van der Waals surface area contributed by atoms with Crippen LogP contribution in [0.4, 0.5) is 0 Å². The van der Waals surface area contributed by atoms with Crippen molar-refractivity contribution in [2.75, 3.05) is 52.5 Å². The number of nitrogens with one attached hydrogen (secondary N) is 2. The molecule has 6 heteroatoms. The number of nitrogens with zero attached hydrogens (tertiary/aromatic N) is 2. The van der Waals surface area contributed by atoms with Crippen LogP contribution >= 0.6 is 0 Å². The van der Waals surface area contributed by atoms with Gasteiger partial charge in [-0.1, -0.05) is 27.7 Å². The third-order valence-electron chi connectivity index (χ3n) is 4.73. The third kappa shape index (κ3) is 9.74. The van der Waals surface area contributed by atoms with Crippen LogP contribution in [0.15, 0.2) is 4.99 Å². The van der Waals surface area contributed by atoms with Crippen LogP contribution < -0.4 is 10.6 Å². The summed E-state index contributed by atoms with van der Waals surface area (Å²) >= 11 is 0. The lowest BCUT2D eigenvalue weighted by Crippen LogP contribution is -2.42. The maximum atomic E-state index is 5.82. The molecule has 1 saturated heterocycles. The highest BCUT2D eigenvalue weighted by atomic mass is 16.5. The maximum Gasteiger partial charge on any atom is 0.191 e. The van der Waals surface area contributed by atoms with E-state index in [2.05, 4.69) is 50.2 Å². The smallest absolute Gasteiger partial charge is 0.191 e. The second-order valence-electron chi connectivity index (χ2n) is 7.36. The van der Waals surface area contributed by atoms with E-state index in [0.29, 0.717) is 18.1 Å². The first-order chi connectivity index (χ1) is 12.6. The van der Waals surface area contributed by atoms with E-state index in [1.807, 2.05) is 0 Å². The number of aliphatic imine (C=N–C) groups is 1. The van der Waals surface area contributed by atoms with Crippen LogP contribution in [0.5, 0.6) is 0 Å². The van der Waals surface area contributed by atoms with Crippen LogP contribution in [0.2, 0.25) is 0 Å². The maximum absolute atomic E-state index is 5.82. The lowest BCUT2D eigenvalue weighted by atomic mass is 10.0. The van der Waals surface area contributed by atoms with Crippen molar-refractivity contribution in [2.45, 2.75) is 66.0 Å². The molecular formula is C20H42N4O2. The van der Waals surface area contributed by atoms with E-state index in [4.69, 9.17) is 14.5 Å². The number of guanidine groups is 1. The third-order valence-corrected chi connectivity index (χ3v) is 4.73. The minimum absolute atomic E-state index is 0.294. The second-order valence-corrected chi connectivity index (χ2v) is 7.36. The fourth-order valence-electron chi connectivity index (χ4n) is 3.33. The summed E-state index contributed by atoms with van der Waals surface area (Å²) in [5.41, 5.74) is 0. The zero-order valence-electron chi connectivity index (χ0n) is 17.7. The Morgan fingerprint density at radius 3 is 2.58 bits per heavy atom. The summed E-state index contributed by atoms with van der Waals surface area (Å²) < 4.78 is 11.1. The van der Waals surface area contributed by atoms with E-state index in [0.717, 1.165) is 71.3 Å². The van der Waals surface area contributed by atoms with Crippen LogP contribution in [0.3, 0.4) is 0 Å². The molecule has 0 aromatic heterocycles. The molecule has 1 aliphatic rings. The first-order valence-electron chi connectivity index (χ1n) is 10.6. The Kier molecular flexibility index (Phi) is 12.7. The van der Waals surface area contributed by atoms with Crippen LogP contribution in [-0.2, 0) is 9.47 Å². The van der Waals surface area contributed by atoms with Crippen molar-refractivity contribution in [3.8, 4) is 0 Å². The topological polar surface area (TPSA) is 58.1 Å². The molecule has 1 aliphatic heterocycles.